The Kier molecular flexibility index (Phi) is 3.98. The fourth-order valence-electron chi connectivity index (χ4n) is 1.93. The molecule has 0 atom stereocenters. The number of fused-ring (bicyclic) bond motifs is 1. The van der Waals surface area contributed by atoms with Crippen LogP contribution in [-0.2, 0) is 4.79 Å². The Morgan fingerprint density at radius 3 is 2.65 bits per heavy atom. The van der Waals surface area contributed by atoms with Crippen LogP contribution in [0.4, 0.5) is 0 Å². The fourth-order valence-corrected chi connectivity index (χ4v) is 1.93. The Hall–Kier alpha value is -2.43. The van der Waals surface area contributed by atoms with E-state index in [0.717, 1.165) is 16.6 Å². The highest BCUT2D eigenvalue weighted by Gasteiger charge is 2.14. The number of amides is 1. The van der Waals surface area contributed by atoms with E-state index in [1.165, 1.54) is 0 Å². The number of hydrogen-bond donors (Lipinski definition) is 2. The number of carboxylic acid groups (broad SMARTS) is 1. The molecule has 0 unspecified atom stereocenters. The SMILES string of the molecule is CC(C)c1cc(C(=O)NCC(=O)O)c2ccccc2n1. The number of nitrogens with one attached hydrogen (secondary N) is 1. The van der Waals surface area contributed by atoms with E-state index in [-0.39, 0.29) is 5.92 Å². The minimum absolute atomic E-state index is 0.186. The summed E-state index contributed by atoms with van der Waals surface area (Å²) in [5, 5.41) is 11.8. The zero-order valence-corrected chi connectivity index (χ0v) is 11.4. The van der Waals surface area contributed by atoms with Crippen molar-refractivity contribution in [3.05, 3.63) is 41.6 Å². The third kappa shape index (κ3) is 2.93. The van der Waals surface area contributed by atoms with Gasteiger partial charge >= 0.3 is 5.97 Å². The molecule has 5 heteroatoms. The molecule has 1 heterocycles. The predicted octanol–water partition coefficient (Wildman–Crippen LogP) is 2.17. The Bertz CT molecular complexity index is 665. The van der Waals surface area contributed by atoms with Crippen LogP contribution in [0, 0.1) is 0 Å². The third-order valence-electron chi connectivity index (χ3n) is 2.97. The average Bonchev–Trinajstić information content (AvgIpc) is 2.43. The minimum atomic E-state index is -1.07. The first-order valence-electron chi connectivity index (χ1n) is 6.38. The molecule has 1 aromatic heterocycles. The zero-order chi connectivity index (χ0) is 14.7. The van der Waals surface area contributed by atoms with Crippen molar-refractivity contribution < 1.29 is 14.7 Å². The van der Waals surface area contributed by atoms with Gasteiger partial charge in [-0.3, -0.25) is 14.6 Å². The topological polar surface area (TPSA) is 79.3 Å². The first-order chi connectivity index (χ1) is 9.49. The van der Waals surface area contributed by atoms with Crippen LogP contribution in [0.15, 0.2) is 30.3 Å². The summed E-state index contributed by atoms with van der Waals surface area (Å²) in [6.07, 6.45) is 0. The van der Waals surface area contributed by atoms with Crippen LogP contribution in [0.5, 0.6) is 0 Å². The van der Waals surface area contributed by atoms with Crippen molar-refractivity contribution in [2.75, 3.05) is 6.54 Å². The van der Waals surface area contributed by atoms with Crippen molar-refractivity contribution in [3.63, 3.8) is 0 Å². The zero-order valence-electron chi connectivity index (χ0n) is 11.4. The molecule has 0 aliphatic rings. The number of aliphatic carboxylic acids is 1. The predicted molar refractivity (Wildman–Crippen MR) is 75.8 cm³/mol. The molecule has 0 aliphatic carbocycles. The van der Waals surface area contributed by atoms with Gasteiger partial charge in [0.1, 0.15) is 6.54 Å². The molecule has 2 aromatic rings. The van der Waals surface area contributed by atoms with Crippen molar-refractivity contribution >= 4 is 22.8 Å². The van der Waals surface area contributed by atoms with E-state index in [1.54, 1.807) is 6.07 Å². The van der Waals surface area contributed by atoms with Gasteiger partial charge in [0.05, 0.1) is 11.1 Å². The van der Waals surface area contributed by atoms with E-state index in [4.69, 9.17) is 5.11 Å². The molecule has 0 saturated carbocycles. The molecular formula is C15H16N2O3. The van der Waals surface area contributed by atoms with Gasteiger partial charge in [0.25, 0.3) is 5.91 Å². The fraction of sp³-hybridized carbons (Fsp3) is 0.267. The van der Waals surface area contributed by atoms with Crippen LogP contribution in [-0.4, -0.2) is 28.5 Å². The second-order valence-electron chi connectivity index (χ2n) is 4.84. The van der Waals surface area contributed by atoms with E-state index in [0.29, 0.717) is 5.56 Å². The number of nitrogens with zero attached hydrogens (tertiary/aromatic N) is 1. The van der Waals surface area contributed by atoms with Crippen LogP contribution < -0.4 is 5.32 Å². The number of hydrogen-bond acceptors (Lipinski definition) is 3. The van der Waals surface area contributed by atoms with E-state index < -0.39 is 18.4 Å². The van der Waals surface area contributed by atoms with E-state index >= 15 is 0 Å². The second-order valence-corrected chi connectivity index (χ2v) is 4.84. The van der Waals surface area contributed by atoms with Gasteiger partial charge in [-0.25, -0.2) is 0 Å². The lowest BCUT2D eigenvalue weighted by atomic mass is 10.0. The summed E-state index contributed by atoms with van der Waals surface area (Å²) < 4.78 is 0. The summed E-state index contributed by atoms with van der Waals surface area (Å²) >= 11 is 0. The number of pyridine rings is 1. The number of rotatable bonds is 4. The Morgan fingerprint density at radius 1 is 1.30 bits per heavy atom. The number of benzene rings is 1. The molecular weight excluding hydrogens is 256 g/mol. The van der Waals surface area contributed by atoms with E-state index in [1.807, 2.05) is 38.1 Å². The summed E-state index contributed by atoms with van der Waals surface area (Å²) in [7, 11) is 0. The number of carbonyl (C=O) groups is 2. The molecule has 0 bridgehead atoms. The Labute approximate surface area is 116 Å². The monoisotopic (exact) mass is 272 g/mol. The normalized spacial score (nSPS) is 10.8. The number of carbonyl (C=O) groups excluding carboxylic acids is 1. The molecule has 5 nitrogen and oxygen atoms in total. The molecule has 0 radical (unpaired) electrons. The molecule has 0 fully saturated rings. The van der Waals surface area contributed by atoms with E-state index in [9.17, 15) is 9.59 Å². The van der Waals surface area contributed by atoms with Gasteiger partial charge in [-0.15, -0.1) is 0 Å². The smallest absolute Gasteiger partial charge is 0.322 e. The van der Waals surface area contributed by atoms with Crippen molar-refractivity contribution in [1.82, 2.24) is 10.3 Å². The number of aromatic nitrogens is 1. The van der Waals surface area contributed by atoms with Gasteiger partial charge < -0.3 is 10.4 Å². The summed E-state index contributed by atoms with van der Waals surface area (Å²) in [5.41, 5.74) is 2.00. The van der Waals surface area contributed by atoms with Crippen LogP contribution in [0.25, 0.3) is 10.9 Å². The molecule has 0 spiro atoms. The van der Waals surface area contributed by atoms with Crippen molar-refractivity contribution in [2.24, 2.45) is 0 Å². The van der Waals surface area contributed by atoms with Crippen LogP contribution in [0.3, 0.4) is 0 Å². The van der Waals surface area contributed by atoms with Gasteiger partial charge in [0.15, 0.2) is 0 Å². The molecule has 2 N–H and O–H groups in total. The van der Waals surface area contributed by atoms with Crippen molar-refractivity contribution in [3.8, 4) is 0 Å². The lowest BCUT2D eigenvalue weighted by molar-refractivity contribution is -0.135. The Morgan fingerprint density at radius 2 is 2.00 bits per heavy atom. The van der Waals surface area contributed by atoms with Crippen LogP contribution in [0.1, 0.15) is 35.8 Å². The van der Waals surface area contributed by atoms with Gasteiger partial charge in [-0.05, 0) is 18.1 Å². The van der Waals surface area contributed by atoms with Crippen molar-refractivity contribution in [2.45, 2.75) is 19.8 Å². The maximum Gasteiger partial charge on any atom is 0.322 e. The molecule has 1 aromatic carbocycles. The average molecular weight is 272 g/mol. The largest absolute Gasteiger partial charge is 0.480 e. The van der Waals surface area contributed by atoms with Crippen molar-refractivity contribution in [1.29, 1.82) is 0 Å². The molecule has 0 aliphatic heterocycles. The lowest BCUT2D eigenvalue weighted by Gasteiger charge is -2.11. The van der Waals surface area contributed by atoms with Gasteiger partial charge in [0.2, 0.25) is 0 Å². The quantitative estimate of drug-likeness (QED) is 0.894. The van der Waals surface area contributed by atoms with Gasteiger partial charge in [0, 0.05) is 11.1 Å². The molecule has 2 rings (SSSR count). The molecule has 0 saturated heterocycles. The third-order valence-corrected chi connectivity index (χ3v) is 2.97. The maximum atomic E-state index is 12.1. The summed E-state index contributed by atoms with van der Waals surface area (Å²) in [4.78, 5) is 27.2. The van der Waals surface area contributed by atoms with Crippen LogP contribution >= 0.6 is 0 Å². The number of carboxylic acids is 1. The molecule has 1 amide bonds. The highest BCUT2D eigenvalue weighted by atomic mass is 16.4. The maximum absolute atomic E-state index is 12.1. The Balaban J connectivity index is 2.49. The van der Waals surface area contributed by atoms with Crippen LogP contribution in [0.2, 0.25) is 0 Å². The molecule has 20 heavy (non-hydrogen) atoms. The first-order valence-corrected chi connectivity index (χ1v) is 6.38. The van der Waals surface area contributed by atoms with E-state index in [2.05, 4.69) is 10.3 Å². The summed E-state index contributed by atoms with van der Waals surface area (Å²) in [6.45, 7) is 3.60. The standard InChI is InChI=1S/C15H16N2O3/c1-9(2)13-7-11(15(20)16-8-14(18)19)10-5-3-4-6-12(10)17-13/h3-7,9H,8H2,1-2H3,(H,16,20)(H,18,19). The minimum Gasteiger partial charge on any atom is -0.480 e. The summed E-state index contributed by atoms with van der Waals surface area (Å²) in [6, 6.07) is 9.06. The highest BCUT2D eigenvalue weighted by molar-refractivity contribution is 6.06. The lowest BCUT2D eigenvalue weighted by Crippen LogP contribution is -2.29. The highest BCUT2D eigenvalue weighted by Crippen LogP contribution is 2.22. The first kappa shape index (κ1) is 14.0. The second kappa shape index (κ2) is 5.69. The van der Waals surface area contributed by atoms with Gasteiger partial charge in [-0.2, -0.15) is 0 Å². The summed E-state index contributed by atoms with van der Waals surface area (Å²) in [5.74, 6) is -1.28. The number of para-hydroxylation sites is 1. The molecule has 104 valence electrons. The van der Waals surface area contributed by atoms with Gasteiger partial charge in [-0.1, -0.05) is 32.0 Å².